The first kappa shape index (κ1) is 20.8. The quantitative estimate of drug-likeness (QED) is 0.170. The summed E-state index contributed by atoms with van der Waals surface area (Å²) in [6.45, 7) is 0. The normalized spacial score (nSPS) is 13.1. The molecule has 1 aromatic heterocycles. The molecule has 0 N–H and O–H groups in total. The summed E-state index contributed by atoms with van der Waals surface area (Å²) in [6.07, 6.45) is 0. The number of anilines is 1. The van der Waals surface area contributed by atoms with Gasteiger partial charge in [0.05, 0.1) is 21.7 Å². The Hall–Kier alpha value is -3.81. The second-order valence-electron chi connectivity index (χ2n) is 7.86. The number of hydrogen-bond donors (Lipinski definition) is 0. The summed E-state index contributed by atoms with van der Waals surface area (Å²) in [7, 11) is 0. The summed E-state index contributed by atoms with van der Waals surface area (Å²) in [6, 6.07) is 25.6. The third-order valence-corrected chi connectivity index (χ3v) is 7.97. The molecule has 0 saturated heterocycles. The average molecular weight is 481 g/mol. The number of carbonyl (C=O) groups excluding carboxylic acids is 3. The number of benzene rings is 4. The van der Waals surface area contributed by atoms with Gasteiger partial charge >= 0.3 is 0 Å². The van der Waals surface area contributed by atoms with Crippen molar-refractivity contribution in [1.29, 1.82) is 0 Å². The Bertz CT molecular complexity index is 1570. The molecule has 0 atom stereocenters. The lowest BCUT2D eigenvalue weighted by molar-refractivity contribution is 0.0892. The van der Waals surface area contributed by atoms with E-state index in [1.165, 1.54) is 28.0 Å². The standard InChI is InChI=1S/C27H16N2O3S2/c30-22(16-6-2-1-3-7-16)15-33-27-28-21-13-12-18(14-23(21)34-27)29-25(31)19-10-4-8-17-9-5-11-20(24(17)19)26(29)32/h1-14H,15H2. The number of hydrogen-bond acceptors (Lipinski definition) is 6. The van der Waals surface area contributed by atoms with Crippen LogP contribution >= 0.6 is 23.1 Å². The number of thiazole rings is 1. The van der Waals surface area contributed by atoms with Crippen LogP contribution in [0.25, 0.3) is 21.0 Å². The van der Waals surface area contributed by atoms with Crippen LogP contribution in [0.15, 0.2) is 89.3 Å². The molecule has 0 radical (unpaired) electrons. The summed E-state index contributed by atoms with van der Waals surface area (Å²) in [5, 5.41) is 1.58. The Kier molecular flexibility index (Phi) is 5.01. The van der Waals surface area contributed by atoms with E-state index < -0.39 is 0 Å². The van der Waals surface area contributed by atoms with Crippen LogP contribution in [0, 0.1) is 0 Å². The largest absolute Gasteiger partial charge is 0.293 e. The molecule has 7 heteroatoms. The molecule has 0 aliphatic carbocycles. The van der Waals surface area contributed by atoms with E-state index in [0.29, 0.717) is 33.5 Å². The van der Waals surface area contributed by atoms with Crippen LogP contribution in [-0.2, 0) is 0 Å². The van der Waals surface area contributed by atoms with Crippen molar-refractivity contribution in [3.05, 3.63) is 102 Å². The van der Waals surface area contributed by atoms with Crippen LogP contribution in [0.1, 0.15) is 31.1 Å². The number of ketones is 1. The molecule has 2 amide bonds. The van der Waals surface area contributed by atoms with Crippen molar-refractivity contribution in [1.82, 2.24) is 4.98 Å². The molecule has 1 aliphatic rings. The summed E-state index contributed by atoms with van der Waals surface area (Å²) in [4.78, 5) is 44.9. The number of amides is 2. The lowest BCUT2D eigenvalue weighted by Crippen LogP contribution is -2.40. The topological polar surface area (TPSA) is 67.3 Å². The SMILES string of the molecule is O=C(CSc1nc2ccc(N3C(=O)c4cccc5cccc(c45)C3=O)cc2s1)c1ccccc1. The molecule has 164 valence electrons. The number of aromatic nitrogens is 1. The molecule has 0 spiro atoms. The lowest BCUT2D eigenvalue weighted by atomic mass is 9.94. The fourth-order valence-corrected chi connectivity index (χ4v) is 6.19. The summed E-state index contributed by atoms with van der Waals surface area (Å²) in [5.74, 6) is -0.328. The Balaban J connectivity index is 1.30. The highest BCUT2D eigenvalue weighted by Gasteiger charge is 2.34. The van der Waals surface area contributed by atoms with Crippen molar-refractivity contribution in [2.75, 3.05) is 10.7 Å². The minimum absolute atomic E-state index is 0.0443. The Labute approximate surface area is 203 Å². The molecule has 0 saturated carbocycles. The average Bonchev–Trinajstić information content (AvgIpc) is 3.29. The van der Waals surface area contributed by atoms with Crippen molar-refractivity contribution in [3.63, 3.8) is 0 Å². The van der Waals surface area contributed by atoms with Crippen LogP contribution in [0.2, 0.25) is 0 Å². The van der Waals surface area contributed by atoms with E-state index in [1.54, 1.807) is 30.3 Å². The monoisotopic (exact) mass is 480 g/mol. The zero-order valence-corrected chi connectivity index (χ0v) is 19.4. The molecule has 1 aliphatic heterocycles. The maximum atomic E-state index is 13.3. The fourth-order valence-electron chi connectivity index (χ4n) is 4.19. The van der Waals surface area contributed by atoms with Gasteiger partial charge < -0.3 is 0 Å². The van der Waals surface area contributed by atoms with Gasteiger partial charge in [-0.1, -0.05) is 66.4 Å². The molecule has 4 aromatic carbocycles. The number of thioether (sulfide) groups is 1. The van der Waals surface area contributed by atoms with Gasteiger partial charge in [0.15, 0.2) is 10.1 Å². The predicted octanol–water partition coefficient (Wildman–Crippen LogP) is 6.23. The highest BCUT2D eigenvalue weighted by atomic mass is 32.2. The van der Waals surface area contributed by atoms with E-state index in [-0.39, 0.29) is 17.6 Å². The molecule has 6 rings (SSSR count). The zero-order chi connectivity index (χ0) is 23.2. The second-order valence-corrected chi connectivity index (χ2v) is 10.1. The number of Topliss-reactive ketones (excluding diaryl/α,β-unsaturated/α-hetero) is 1. The van der Waals surface area contributed by atoms with Crippen LogP contribution in [-0.4, -0.2) is 28.3 Å². The van der Waals surface area contributed by atoms with E-state index >= 15 is 0 Å². The number of carbonyl (C=O) groups is 3. The predicted molar refractivity (Wildman–Crippen MR) is 136 cm³/mol. The number of imide groups is 1. The minimum Gasteiger partial charge on any atom is -0.293 e. The maximum absolute atomic E-state index is 13.3. The highest BCUT2D eigenvalue weighted by molar-refractivity contribution is 8.01. The number of fused-ring (bicyclic) bond motifs is 1. The van der Waals surface area contributed by atoms with E-state index in [9.17, 15) is 14.4 Å². The molecular formula is C27H16N2O3S2. The van der Waals surface area contributed by atoms with Gasteiger partial charge in [-0.2, -0.15) is 0 Å². The third kappa shape index (κ3) is 3.41. The van der Waals surface area contributed by atoms with Gasteiger partial charge in [0, 0.05) is 22.1 Å². The molecule has 0 unspecified atom stereocenters. The summed E-state index contributed by atoms with van der Waals surface area (Å²) < 4.78 is 1.62. The third-order valence-electron chi connectivity index (χ3n) is 5.80. The van der Waals surface area contributed by atoms with Gasteiger partial charge in [-0.15, -0.1) is 11.3 Å². The second kappa shape index (κ2) is 8.20. The smallest absolute Gasteiger partial charge is 0.265 e. The van der Waals surface area contributed by atoms with Crippen molar-refractivity contribution in [2.45, 2.75) is 4.34 Å². The molecule has 34 heavy (non-hydrogen) atoms. The lowest BCUT2D eigenvalue weighted by Gasteiger charge is -2.27. The van der Waals surface area contributed by atoms with Crippen LogP contribution in [0.3, 0.4) is 0 Å². The van der Waals surface area contributed by atoms with Crippen molar-refractivity contribution in [3.8, 4) is 0 Å². The molecule has 5 aromatic rings. The first-order chi connectivity index (χ1) is 16.6. The summed E-state index contributed by atoms with van der Waals surface area (Å²) >= 11 is 2.83. The molecule has 2 heterocycles. The van der Waals surface area contributed by atoms with Crippen molar-refractivity contribution < 1.29 is 14.4 Å². The first-order valence-electron chi connectivity index (χ1n) is 10.6. The van der Waals surface area contributed by atoms with E-state index in [4.69, 9.17) is 0 Å². The highest BCUT2D eigenvalue weighted by Crippen LogP contribution is 2.36. The van der Waals surface area contributed by atoms with E-state index in [2.05, 4.69) is 4.98 Å². The van der Waals surface area contributed by atoms with Gasteiger partial charge in [-0.25, -0.2) is 9.88 Å². The van der Waals surface area contributed by atoms with Gasteiger partial charge in [0.2, 0.25) is 0 Å². The van der Waals surface area contributed by atoms with Gasteiger partial charge in [0.1, 0.15) is 0 Å². The number of nitrogens with zero attached hydrogens (tertiary/aromatic N) is 2. The number of rotatable bonds is 5. The molecule has 0 fully saturated rings. The van der Waals surface area contributed by atoms with Gasteiger partial charge in [-0.3, -0.25) is 14.4 Å². The minimum atomic E-state index is -0.332. The Morgan fingerprint density at radius 1 is 0.853 bits per heavy atom. The maximum Gasteiger partial charge on any atom is 0.265 e. The van der Waals surface area contributed by atoms with Gasteiger partial charge in [-0.05, 0) is 35.7 Å². The van der Waals surface area contributed by atoms with E-state index in [0.717, 1.165) is 19.9 Å². The zero-order valence-electron chi connectivity index (χ0n) is 17.7. The molecule has 0 bridgehead atoms. The Morgan fingerprint density at radius 2 is 1.56 bits per heavy atom. The van der Waals surface area contributed by atoms with Crippen molar-refractivity contribution >= 4 is 67.4 Å². The van der Waals surface area contributed by atoms with E-state index in [1.807, 2.05) is 54.6 Å². The Morgan fingerprint density at radius 3 is 2.26 bits per heavy atom. The van der Waals surface area contributed by atoms with Gasteiger partial charge in [0.25, 0.3) is 11.8 Å². The van der Waals surface area contributed by atoms with Crippen LogP contribution in [0.5, 0.6) is 0 Å². The van der Waals surface area contributed by atoms with Crippen LogP contribution in [0.4, 0.5) is 5.69 Å². The summed E-state index contributed by atoms with van der Waals surface area (Å²) in [5.41, 5.74) is 2.99. The molecule has 5 nitrogen and oxygen atoms in total. The van der Waals surface area contributed by atoms with Crippen LogP contribution < -0.4 is 4.90 Å². The fraction of sp³-hybridized carbons (Fsp3) is 0.0370. The molecular weight excluding hydrogens is 464 g/mol. The first-order valence-corrected chi connectivity index (χ1v) is 12.4. The van der Waals surface area contributed by atoms with Crippen molar-refractivity contribution in [2.24, 2.45) is 0 Å².